The SMILES string of the molecule is [CH2]C(=O)[C@@H](C)CCCC(C)(C)OC. The summed E-state index contributed by atoms with van der Waals surface area (Å²) in [5.41, 5.74) is -0.0655. The molecule has 0 unspecified atom stereocenters. The average Bonchev–Trinajstić information content (AvgIpc) is 2.04. The molecule has 0 heterocycles. The molecule has 0 amide bonds. The fourth-order valence-corrected chi connectivity index (χ4v) is 1.10. The Morgan fingerprint density at radius 3 is 2.46 bits per heavy atom. The van der Waals surface area contributed by atoms with Crippen LogP contribution in [0.4, 0.5) is 0 Å². The summed E-state index contributed by atoms with van der Waals surface area (Å²) < 4.78 is 5.28. The largest absolute Gasteiger partial charge is 0.379 e. The van der Waals surface area contributed by atoms with Gasteiger partial charge in [-0.1, -0.05) is 6.92 Å². The Kier molecular flexibility index (Phi) is 5.23. The number of Topliss-reactive ketones (excluding diaryl/α,β-unsaturated/α-hetero) is 1. The van der Waals surface area contributed by atoms with Crippen molar-refractivity contribution in [1.29, 1.82) is 0 Å². The summed E-state index contributed by atoms with van der Waals surface area (Å²) in [6.07, 6.45) is 2.92. The van der Waals surface area contributed by atoms with E-state index >= 15 is 0 Å². The van der Waals surface area contributed by atoms with E-state index in [0.717, 1.165) is 19.3 Å². The van der Waals surface area contributed by atoms with Crippen molar-refractivity contribution in [1.82, 2.24) is 0 Å². The van der Waals surface area contributed by atoms with Crippen molar-refractivity contribution in [3.63, 3.8) is 0 Å². The van der Waals surface area contributed by atoms with Gasteiger partial charge < -0.3 is 4.74 Å². The topological polar surface area (TPSA) is 26.3 Å². The van der Waals surface area contributed by atoms with Crippen molar-refractivity contribution in [3.8, 4) is 0 Å². The van der Waals surface area contributed by atoms with Crippen LogP contribution in [0.25, 0.3) is 0 Å². The lowest BCUT2D eigenvalue weighted by molar-refractivity contribution is -0.118. The average molecular weight is 185 g/mol. The van der Waals surface area contributed by atoms with Gasteiger partial charge in [-0.25, -0.2) is 0 Å². The van der Waals surface area contributed by atoms with E-state index in [1.54, 1.807) is 7.11 Å². The molecule has 0 saturated heterocycles. The summed E-state index contributed by atoms with van der Waals surface area (Å²) >= 11 is 0. The first kappa shape index (κ1) is 12.6. The van der Waals surface area contributed by atoms with Crippen LogP contribution in [0, 0.1) is 12.8 Å². The van der Waals surface area contributed by atoms with Gasteiger partial charge in [-0.15, -0.1) is 0 Å². The van der Waals surface area contributed by atoms with Gasteiger partial charge in [-0.2, -0.15) is 0 Å². The molecule has 0 aromatic heterocycles. The molecular weight excluding hydrogens is 164 g/mol. The molecule has 0 aliphatic rings. The van der Waals surface area contributed by atoms with Crippen molar-refractivity contribution in [2.45, 2.75) is 45.6 Å². The molecular formula is C11H21O2. The summed E-state index contributed by atoms with van der Waals surface area (Å²) in [6.45, 7) is 9.45. The molecule has 1 atom stereocenters. The number of carbonyl (C=O) groups is 1. The van der Waals surface area contributed by atoms with Gasteiger partial charge >= 0.3 is 0 Å². The third kappa shape index (κ3) is 5.81. The molecule has 0 aliphatic heterocycles. The van der Waals surface area contributed by atoms with E-state index in [4.69, 9.17) is 4.74 Å². The van der Waals surface area contributed by atoms with Crippen LogP contribution >= 0.6 is 0 Å². The Morgan fingerprint density at radius 2 is 2.08 bits per heavy atom. The Balaban J connectivity index is 3.62. The van der Waals surface area contributed by atoms with Crippen LogP contribution in [0.15, 0.2) is 0 Å². The minimum Gasteiger partial charge on any atom is -0.379 e. The number of hydrogen-bond donors (Lipinski definition) is 0. The van der Waals surface area contributed by atoms with Gasteiger partial charge in [0.25, 0.3) is 0 Å². The minimum atomic E-state index is -0.0655. The summed E-state index contributed by atoms with van der Waals surface area (Å²) in [4.78, 5) is 10.8. The zero-order valence-electron chi connectivity index (χ0n) is 9.22. The standard InChI is InChI=1S/C11H21O2/c1-9(10(2)12)7-6-8-11(3,4)13-5/h9H,2,6-8H2,1,3-5H3/t9-/m0/s1. The maximum absolute atomic E-state index is 10.8. The predicted molar refractivity (Wildman–Crippen MR) is 54.5 cm³/mol. The maximum atomic E-state index is 10.8. The van der Waals surface area contributed by atoms with Crippen molar-refractivity contribution >= 4 is 5.78 Å². The van der Waals surface area contributed by atoms with E-state index in [2.05, 4.69) is 20.8 Å². The van der Waals surface area contributed by atoms with E-state index in [-0.39, 0.29) is 17.3 Å². The van der Waals surface area contributed by atoms with Crippen molar-refractivity contribution < 1.29 is 9.53 Å². The monoisotopic (exact) mass is 185 g/mol. The van der Waals surface area contributed by atoms with Gasteiger partial charge in [0.05, 0.1) is 5.60 Å². The van der Waals surface area contributed by atoms with Crippen molar-refractivity contribution in [2.24, 2.45) is 5.92 Å². The Bertz CT molecular complexity index is 161. The highest BCUT2D eigenvalue weighted by atomic mass is 16.5. The molecule has 0 rings (SSSR count). The van der Waals surface area contributed by atoms with Crippen molar-refractivity contribution in [3.05, 3.63) is 6.92 Å². The molecule has 13 heavy (non-hydrogen) atoms. The molecule has 2 nitrogen and oxygen atoms in total. The van der Waals surface area contributed by atoms with E-state index < -0.39 is 0 Å². The lowest BCUT2D eigenvalue weighted by atomic mass is 9.95. The first-order chi connectivity index (χ1) is 5.89. The third-order valence-corrected chi connectivity index (χ3v) is 2.52. The number of carbonyl (C=O) groups excluding carboxylic acids is 1. The van der Waals surface area contributed by atoms with Crippen LogP contribution in [0.3, 0.4) is 0 Å². The lowest BCUT2D eigenvalue weighted by Crippen LogP contribution is -2.22. The van der Waals surface area contributed by atoms with Gasteiger partial charge in [0.15, 0.2) is 0 Å². The predicted octanol–water partition coefficient (Wildman–Crippen LogP) is 2.62. The lowest BCUT2D eigenvalue weighted by Gasteiger charge is -2.23. The highest BCUT2D eigenvalue weighted by Gasteiger charge is 2.16. The van der Waals surface area contributed by atoms with Gasteiger partial charge in [0.2, 0.25) is 0 Å². The molecule has 0 N–H and O–H groups in total. The first-order valence-corrected chi connectivity index (χ1v) is 4.80. The highest BCUT2D eigenvalue weighted by molar-refractivity contribution is 5.84. The van der Waals surface area contributed by atoms with Crippen LogP contribution < -0.4 is 0 Å². The molecule has 1 radical (unpaired) electrons. The zero-order valence-corrected chi connectivity index (χ0v) is 9.22. The van der Waals surface area contributed by atoms with Crippen LogP contribution in [0.5, 0.6) is 0 Å². The molecule has 0 spiro atoms. The molecule has 0 aromatic rings. The Labute approximate surface area is 81.7 Å². The Morgan fingerprint density at radius 1 is 1.54 bits per heavy atom. The number of ketones is 1. The molecule has 0 aliphatic carbocycles. The summed E-state index contributed by atoms with van der Waals surface area (Å²) in [5.74, 6) is 0.128. The van der Waals surface area contributed by atoms with E-state index in [9.17, 15) is 4.79 Å². The summed E-state index contributed by atoms with van der Waals surface area (Å²) in [6, 6.07) is 0. The van der Waals surface area contributed by atoms with Crippen LogP contribution in [-0.2, 0) is 9.53 Å². The molecule has 0 fully saturated rings. The molecule has 0 saturated carbocycles. The molecule has 0 bridgehead atoms. The molecule has 0 aromatic carbocycles. The minimum absolute atomic E-state index is 0.0372. The maximum Gasteiger partial charge on any atom is 0.136 e. The smallest absolute Gasteiger partial charge is 0.136 e. The number of hydrogen-bond acceptors (Lipinski definition) is 2. The number of rotatable bonds is 6. The van der Waals surface area contributed by atoms with Crippen molar-refractivity contribution in [2.75, 3.05) is 7.11 Å². The molecule has 77 valence electrons. The van der Waals surface area contributed by atoms with Gasteiger partial charge in [0.1, 0.15) is 5.78 Å². The summed E-state index contributed by atoms with van der Waals surface area (Å²) in [7, 11) is 1.72. The van der Waals surface area contributed by atoms with Crippen LogP contribution in [0.2, 0.25) is 0 Å². The first-order valence-electron chi connectivity index (χ1n) is 4.80. The van der Waals surface area contributed by atoms with E-state index in [1.165, 1.54) is 0 Å². The van der Waals surface area contributed by atoms with Crippen LogP contribution in [0.1, 0.15) is 40.0 Å². The van der Waals surface area contributed by atoms with Gasteiger partial charge in [0, 0.05) is 20.0 Å². The third-order valence-electron chi connectivity index (χ3n) is 2.52. The Hall–Kier alpha value is -0.370. The quantitative estimate of drug-likeness (QED) is 0.636. The van der Waals surface area contributed by atoms with E-state index in [0.29, 0.717) is 0 Å². The van der Waals surface area contributed by atoms with Crippen LogP contribution in [-0.4, -0.2) is 18.5 Å². The second-order valence-electron chi connectivity index (χ2n) is 4.22. The highest BCUT2D eigenvalue weighted by Crippen LogP contribution is 2.19. The zero-order chi connectivity index (χ0) is 10.5. The number of ether oxygens (including phenoxy) is 1. The second kappa shape index (κ2) is 5.38. The normalized spacial score (nSPS) is 14.2. The fraction of sp³-hybridized carbons (Fsp3) is 0.818. The fourth-order valence-electron chi connectivity index (χ4n) is 1.10. The summed E-state index contributed by atoms with van der Waals surface area (Å²) in [5, 5.41) is 0. The number of methoxy groups -OCH3 is 1. The van der Waals surface area contributed by atoms with Gasteiger partial charge in [-0.3, -0.25) is 4.79 Å². The second-order valence-corrected chi connectivity index (χ2v) is 4.22. The van der Waals surface area contributed by atoms with Gasteiger partial charge in [-0.05, 0) is 33.1 Å². The van der Waals surface area contributed by atoms with E-state index in [1.807, 2.05) is 6.92 Å². The molecule has 2 heteroatoms.